The van der Waals surface area contributed by atoms with Crippen LogP contribution in [0.25, 0.3) is 11.0 Å². The molecule has 0 saturated heterocycles. The molecule has 0 saturated carbocycles. The Morgan fingerprint density at radius 2 is 2.17 bits per heavy atom. The van der Waals surface area contributed by atoms with Gasteiger partial charge in [-0.2, -0.15) is 0 Å². The van der Waals surface area contributed by atoms with Crippen molar-refractivity contribution in [2.24, 2.45) is 5.73 Å². The van der Waals surface area contributed by atoms with Crippen molar-refractivity contribution in [1.82, 2.24) is 9.55 Å². The topological polar surface area (TPSA) is 53.1 Å². The molecule has 4 heteroatoms. The highest BCUT2D eigenvalue weighted by atomic mass is 16.5. The van der Waals surface area contributed by atoms with E-state index in [4.69, 9.17) is 15.5 Å². The summed E-state index contributed by atoms with van der Waals surface area (Å²) >= 11 is 0. The minimum absolute atomic E-state index is 0.323. The van der Waals surface area contributed by atoms with Gasteiger partial charge in [0.25, 0.3) is 0 Å². The summed E-state index contributed by atoms with van der Waals surface area (Å²) in [6.45, 7) is 5.83. The summed E-state index contributed by atoms with van der Waals surface area (Å²) in [6.07, 6.45) is 1.01. The fourth-order valence-corrected chi connectivity index (χ4v) is 2.35. The van der Waals surface area contributed by atoms with E-state index in [0.29, 0.717) is 12.5 Å². The maximum absolute atomic E-state index is 5.84. The predicted molar refractivity (Wildman–Crippen MR) is 74.0 cm³/mol. The average molecular weight is 247 g/mol. The number of nitrogens with two attached hydrogens (primary N) is 1. The zero-order valence-corrected chi connectivity index (χ0v) is 11.3. The zero-order valence-electron chi connectivity index (χ0n) is 11.3. The molecule has 0 spiro atoms. The Hall–Kier alpha value is -1.55. The molecule has 18 heavy (non-hydrogen) atoms. The molecule has 2 aromatic rings. The molecular formula is C14H21N3O. The largest absolute Gasteiger partial charge is 0.497 e. The lowest BCUT2D eigenvalue weighted by atomic mass is 10.1. The van der Waals surface area contributed by atoms with E-state index in [1.165, 1.54) is 0 Å². The molecule has 0 bridgehead atoms. The zero-order chi connectivity index (χ0) is 13.1. The number of methoxy groups -OCH3 is 1. The van der Waals surface area contributed by atoms with Gasteiger partial charge >= 0.3 is 0 Å². The molecule has 1 aromatic carbocycles. The second-order valence-corrected chi connectivity index (χ2v) is 4.41. The van der Waals surface area contributed by atoms with E-state index in [9.17, 15) is 0 Å². The number of imidazole rings is 1. The number of rotatable bonds is 5. The van der Waals surface area contributed by atoms with Gasteiger partial charge in [-0.3, -0.25) is 0 Å². The number of benzene rings is 1. The van der Waals surface area contributed by atoms with Crippen molar-refractivity contribution in [1.29, 1.82) is 0 Å². The first kappa shape index (κ1) is 12.9. The first-order valence-corrected chi connectivity index (χ1v) is 6.49. The molecule has 2 rings (SSSR count). The smallest absolute Gasteiger partial charge is 0.121 e. The second-order valence-electron chi connectivity index (χ2n) is 4.41. The van der Waals surface area contributed by atoms with Crippen LogP contribution in [0, 0.1) is 0 Å². The van der Waals surface area contributed by atoms with Gasteiger partial charge in [-0.15, -0.1) is 0 Å². The van der Waals surface area contributed by atoms with Gasteiger partial charge in [0.1, 0.15) is 11.6 Å². The summed E-state index contributed by atoms with van der Waals surface area (Å²) in [6, 6.07) is 6.02. The highest BCUT2D eigenvalue weighted by Crippen LogP contribution is 2.26. The first-order valence-electron chi connectivity index (χ1n) is 6.49. The van der Waals surface area contributed by atoms with Crippen LogP contribution in [0.1, 0.15) is 32.0 Å². The minimum atomic E-state index is 0.323. The molecule has 1 heterocycles. The molecule has 0 fully saturated rings. The molecule has 2 N–H and O–H groups in total. The number of hydrogen-bond donors (Lipinski definition) is 1. The molecule has 1 atom stereocenters. The highest BCUT2D eigenvalue weighted by Gasteiger charge is 2.17. The van der Waals surface area contributed by atoms with Crippen molar-refractivity contribution in [3.8, 4) is 5.75 Å². The van der Waals surface area contributed by atoms with Gasteiger partial charge < -0.3 is 15.0 Å². The van der Waals surface area contributed by atoms with E-state index < -0.39 is 0 Å². The van der Waals surface area contributed by atoms with Gasteiger partial charge in [0.15, 0.2) is 0 Å². The summed E-state index contributed by atoms with van der Waals surface area (Å²) in [5.41, 5.74) is 7.98. The van der Waals surface area contributed by atoms with Gasteiger partial charge in [0.2, 0.25) is 0 Å². The molecule has 0 radical (unpaired) electrons. The summed E-state index contributed by atoms with van der Waals surface area (Å²) < 4.78 is 7.49. The Morgan fingerprint density at radius 3 is 2.72 bits per heavy atom. The molecule has 0 amide bonds. The summed E-state index contributed by atoms with van der Waals surface area (Å²) in [5, 5.41) is 0. The molecule has 0 aliphatic rings. The van der Waals surface area contributed by atoms with Crippen molar-refractivity contribution in [2.75, 3.05) is 13.7 Å². The Morgan fingerprint density at radius 1 is 1.39 bits per heavy atom. The number of aryl methyl sites for hydroxylation is 1. The SMILES string of the molecule is CCC(CN)c1nc2cc(OC)ccc2n1CC. The summed E-state index contributed by atoms with van der Waals surface area (Å²) in [7, 11) is 1.67. The fourth-order valence-electron chi connectivity index (χ4n) is 2.35. The average Bonchev–Trinajstić information content (AvgIpc) is 2.77. The molecule has 4 nitrogen and oxygen atoms in total. The number of ether oxygens (including phenoxy) is 1. The van der Waals surface area contributed by atoms with E-state index in [1.54, 1.807) is 7.11 Å². The molecule has 0 aliphatic carbocycles. The number of nitrogens with zero attached hydrogens (tertiary/aromatic N) is 2. The number of fused-ring (bicyclic) bond motifs is 1. The molecule has 1 unspecified atom stereocenters. The van der Waals surface area contributed by atoms with Crippen LogP contribution in [0.4, 0.5) is 0 Å². The van der Waals surface area contributed by atoms with E-state index in [2.05, 4.69) is 24.5 Å². The van der Waals surface area contributed by atoms with Crippen LogP contribution < -0.4 is 10.5 Å². The van der Waals surface area contributed by atoms with Crippen LogP contribution in [-0.2, 0) is 6.54 Å². The Bertz CT molecular complexity index is 529. The lowest BCUT2D eigenvalue weighted by Crippen LogP contribution is -2.16. The quantitative estimate of drug-likeness (QED) is 0.883. The van der Waals surface area contributed by atoms with Crippen LogP contribution in [0.2, 0.25) is 0 Å². The normalized spacial score (nSPS) is 12.9. The van der Waals surface area contributed by atoms with Crippen molar-refractivity contribution in [3.63, 3.8) is 0 Å². The summed E-state index contributed by atoms with van der Waals surface area (Å²) in [5.74, 6) is 2.25. The van der Waals surface area contributed by atoms with Gasteiger partial charge in [-0.1, -0.05) is 6.92 Å². The number of aromatic nitrogens is 2. The van der Waals surface area contributed by atoms with E-state index in [1.807, 2.05) is 12.1 Å². The van der Waals surface area contributed by atoms with E-state index in [-0.39, 0.29) is 0 Å². The molecule has 0 aliphatic heterocycles. The lowest BCUT2D eigenvalue weighted by molar-refractivity contribution is 0.415. The van der Waals surface area contributed by atoms with Gasteiger partial charge in [0, 0.05) is 25.1 Å². The first-order chi connectivity index (χ1) is 8.74. The third kappa shape index (κ3) is 2.08. The van der Waals surface area contributed by atoms with E-state index in [0.717, 1.165) is 35.6 Å². The predicted octanol–water partition coefficient (Wildman–Crippen LogP) is 2.52. The Labute approximate surface area is 108 Å². The lowest BCUT2D eigenvalue weighted by Gasteiger charge is -2.13. The third-order valence-corrected chi connectivity index (χ3v) is 3.44. The summed E-state index contributed by atoms with van der Waals surface area (Å²) in [4.78, 5) is 4.74. The minimum Gasteiger partial charge on any atom is -0.497 e. The van der Waals surface area contributed by atoms with Crippen molar-refractivity contribution in [3.05, 3.63) is 24.0 Å². The van der Waals surface area contributed by atoms with Crippen LogP contribution in [-0.4, -0.2) is 23.2 Å². The third-order valence-electron chi connectivity index (χ3n) is 3.44. The van der Waals surface area contributed by atoms with Crippen LogP contribution >= 0.6 is 0 Å². The number of hydrogen-bond acceptors (Lipinski definition) is 3. The van der Waals surface area contributed by atoms with E-state index >= 15 is 0 Å². The standard InChI is InChI=1S/C14H21N3O/c1-4-10(9-15)14-16-12-8-11(18-3)6-7-13(12)17(14)5-2/h6-8,10H,4-5,9,15H2,1-3H3. The molecular weight excluding hydrogens is 226 g/mol. The van der Waals surface area contributed by atoms with Gasteiger partial charge in [0.05, 0.1) is 18.1 Å². The van der Waals surface area contributed by atoms with Crippen molar-refractivity contribution < 1.29 is 4.74 Å². The van der Waals surface area contributed by atoms with Crippen LogP contribution in [0.15, 0.2) is 18.2 Å². The Balaban J connectivity index is 2.59. The molecule has 98 valence electrons. The Kier molecular flexibility index (Phi) is 3.87. The molecule has 1 aromatic heterocycles. The van der Waals surface area contributed by atoms with Crippen LogP contribution in [0.5, 0.6) is 5.75 Å². The highest BCUT2D eigenvalue weighted by molar-refractivity contribution is 5.78. The van der Waals surface area contributed by atoms with Crippen molar-refractivity contribution in [2.45, 2.75) is 32.7 Å². The van der Waals surface area contributed by atoms with Crippen LogP contribution in [0.3, 0.4) is 0 Å². The van der Waals surface area contributed by atoms with Gasteiger partial charge in [-0.25, -0.2) is 4.98 Å². The monoisotopic (exact) mass is 247 g/mol. The maximum atomic E-state index is 5.84. The van der Waals surface area contributed by atoms with Gasteiger partial charge in [-0.05, 0) is 25.5 Å². The second kappa shape index (κ2) is 5.40. The fraction of sp³-hybridized carbons (Fsp3) is 0.500. The maximum Gasteiger partial charge on any atom is 0.121 e. The van der Waals surface area contributed by atoms with Crippen molar-refractivity contribution >= 4 is 11.0 Å².